The summed E-state index contributed by atoms with van der Waals surface area (Å²) < 4.78 is 39.7. The second kappa shape index (κ2) is 3.93. The first kappa shape index (κ1) is 11.6. The number of pyridine rings is 1. The Morgan fingerprint density at radius 1 is 1.47 bits per heavy atom. The Bertz CT molecular complexity index is 365. The minimum atomic E-state index is -4.80. The van der Waals surface area contributed by atoms with E-state index in [1.165, 1.54) is 6.07 Å². The molecule has 1 aromatic rings. The van der Waals surface area contributed by atoms with Gasteiger partial charge < -0.3 is 16.2 Å². The lowest BCUT2D eigenvalue weighted by Crippen LogP contribution is -2.20. The van der Waals surface area contributed by atoms with Gasteiger partial charge in [-0.1, -0.05) is 0 Å². The van der Waals surface area contributed by atoms with E-state index >= 15 is 0 Å². The first-order chi connectivity index (χ1) is 6.83. The van der Waals surface area contributed by atoms with Crippen molar-refractivity contribution in [1.29, 1.82) is 0 Å². The molecule has 0 fully saturated rings. The van der Waals surface area contributed by atoms with Crippen LogP contribution in [0.4, 0.5) is 19.0 Å². The Morgan fingerprint density at radius 3 is 2.53 bits per heavy atom. The molecule has 0 saturated heterocycles. The molecule has 0 bridgehead atoms. The van der Waals surface area contributed by atoms with Crippen molar-refractivity contribution < 1.29 is 17.9 Å². The van der Waals surface area contributed by atoms with Gasteiger partial charge in [0.2, 0.25) is 0 Å². The first-order valence-corrected chi connectivity index (χ1v) is 4.05. The number of alkyl halides is 3. The number of aromatic nitrogens is 1. The molecule has 4 nitrogen and oxygen atoms in total. The fraction of sp³-hybridized carbons (Fsp3) is 0.375. The van der Waals surface area contributed by atoms with Gasteiger partial charge in [0.25, 0.3) is 0 Å². The smallest absolute Gasteiger partial charge is 0.401 e. The zero-order chi connectivity index (χ0) is 11.6. The van der Waals surface area contributed by atoms with Crippen LogP contribution >= 0.6 is 0 Å². The van der Waals surface area contributed by atoms with Crippen molar-refractivity contribution in [2.24, 2.45) is 5.73 Å². The molecule has 84 valence electrons. The number of rotatable bonds is 2. The number of nitrogen functional groups attached to an aromatic ring is 1. The third-order valence-electron chi connectivity index (χ3n) is 1.64. The highest BCUT2D eigenvalue weighted by Crippen LogP contribution is 2.30. The van der Waals surface area contributed by atoms with Gasteiger partial charge >= 0.3 is 6.36 Å². The van der Waals surface area contributed by atoms with Gasteiger partial charge in [-0.15, -0.1) is 13.2 Å². The van der Waals surface area contributed by atoms with Crippen molar-refractivity contribution in [2.45, 2.75) is 19.8 Å². The molecule has 0 aliphatic heterocycles. The van der Waals surface area contributed by atoms with Crippen molar-refractivity contribution in [1.82, 2.24) is 4.98 Å². The lowest BCUT2D eigenvalue weighted by molar-refractivity contribution is -0.274. The van der Waals surface area contributed by atoms with Crippen molar-refractivity contribution in [3.05, 3.63) is 17.3 Å². The van der Waals surface area contributed by atoms with Crippen LogP contribution < -0.4 is 16.2 Å². The lowest BCUT2D eigenvalue weighted by atomic mass is 10.2. The SMILES string of the molecule is Cc1cc(CN)c(OC(F)(F)F)c(N)n1. The maximum atomic E-state index is 12.0. The van der Waals surface area contributed by atoms with Gasteiger partial charge in [-0.3, -0.25) is 0 Å². The number of nitrogens with zero attached hydrogens (tertiary/aromatic N) is 1. The van der Waals surface area contributed by atoms with Gasteiger partial charge in [-0.25, -0.2) is 4.98 Å². The Kier molecular flexibility index (Phi) is 3.04. The number of ether oxygens (including phenoxy) is 1. The van der Waals surface area contributed by atoms with Crippen LogP contribution in [0.15, 0.2) is 6.07 Å². The Morgan fingerprint density at radius 2 is 2.07 bits per heavy atom. The maximum Gasteiger partial charge on any atom is 0.573 e. The largest absolute Gasteiger partial charge is 0.573 e. The van der Waals surface area contributed by atoms with Gasteiger partial charge in [-0.2, -0.15) is 0 Å². The summed E-state index contributed by atoms with van der Waals surface area (Å²) in [5.74, 6) is -0.830. The predicted octanol–water partition coefficient (Wildman–Crippen LogP) is 1.33. The monoisotopic (exact) mass is 221 g/mol. The zero-order valence-corrected chi connectivity index (χ0v) is 7.93. The molecular weight excluding hydrogens is 211 g/mol. The summed E-state index contributed by atoms with van der Waals surface area (Å²) in [6.45, 7) is 1.51. The number of hydrogen-bond acceptors (Lipinski definition) is 4. The summed E-state index contributed by atoms with van der Waals surface area (Å²) in [5, 5.41) is 0. The number of halogens is 3. The van der Waals surface area contributed by atoms with E-state index in [-0.39, 0.29) is 17.9 Å². The summed E-state index contributed by atoms with van der Waals surface area (Å²) >= 11 is 0. The molecule has 0 saturated carbocycles. The Balaban J connectivity index is 3.15. The number of aryl methyl sites for hydroxylation is 1. The molecule has 1 rings (SSSR count). The fourth-order valence-electron chi connectivity index (χ4n) is 1.14. The normalized spacial score (nSPS) is 11.5. The molecule has 0 unspecified atom stereocenters. The third kappa shape index (κ3) is 2.98. The molecule has 0 atom stereocenters. The predicted molar refractivity (Wildman–Crippen MR) is 48.0 cm³/mol. The summed E-state index contributed by atoms with van der Waals surface area (Å²) in [4.78, 5) is 3.66. The number of nitrogens with two attached hydrogens (primary N) is 2. The molecule has 1 aromatic heterocycles. The topological polar surface area (TPSA) is 74.2 Å². The molecule has 0 spiro atoms. The second-order valence-corrected chi connectivity index (χ2v) is 2.89. The summed E-state index contributed by atoms with van der Waals surface area (Å²) in [6, 6.07) is 1.40. The van der Waals surface area contributed by atoms with E-state index < -0.39 is 12.1 Å². The molecule has 0 radical (unpaired) electrons. The molecule has 0 aliphatic rings. The molecule has 1 heterocycles. The molecule has 7 heteroatoms. The average molecular weight is 221 g/mol. The maximum absolute atomic E-state index is 12.0. The van der Waals surface area contributed by atoms with Gasteiger partial charge in [0.05, 0.1) is 0 Å². The van der Waals surface area contributed by atoms with E-state index in [9.17, 15) is 13.2 Å². The van der Waals surface area contributed by atoms with E-state index in [4.69, 9.17) is 11.5 Å². The van der Waals surface area contributed by atoms with Crippen LogP contribution in [-0.4, -0.2) is 11.3 Å². The molecule has 0 amide bonds. The molecule has 0 aromatic carbocycles. The second-order valence-electron chi connectivity index (χ2n) is 2.89. The number of hydrogen-bond donors (Lipinski definition) is 2. The van der Waals surface area contributed by atoms with Crippen LogP contribution in [0.5, 0.6) is 5.75 Å². The van der Waals surface area contributed by atoms with Crippen molar-refractivity contribution in [3.63, 3.8) is 0 Å². The van der Waals surface area contributed by atoms with E-state index in [1.807, 2.05) is 0 Å². The van der Waals surface area contributed by atoms with Crippen LogP contribution in [0.3, 0.4) is 0 Å². The highest BCUT2D eigenvalue weighted by atomic mass is 19.4. The minimum Gasteiger partial charge on any atom is -0.401 e. The van der Waals surface area contributed by atoms with Gasteiger partial charge in [0.15, 0.2) is 11.6 Å². The van der Waals surface area contributed by atoms with Crippen molar-refractivity contribution >= 4 is 5.82 Å². The van der Waals surface area contributed by atoms with Crippen molar-refractivity contribution in [2.75, 3.05) is 5.73 Å². The van der Waals surface area contributed by atoms with Crippen LogP contribution in [0, 0.1) is 6.92 Å². The Labute approximate surface area is 84.0 Å². The molecule has 15 heavy (non-hydrogen) atoms. The lowest BCUT2D eigenvalue weighted by Gasteiger charge is -2.14. The average Bonchev–Trinajstić information content (AvgIpc) is 2.07. The fourth-order valence-corrected chi connectivity index (χ4v) is 1.14. The first-order valence-electron chi connectivity index (χ1n) is 4.05. The van der Waals surface area contributed by atoms with E-state index in [0.717, 1.165) is 0 Å². The van der Waals surface area contributed by atoms with E-state index in [2.05, 4.69) is 9.72 Å². The zero-order valence-electron chi connectivity index (χ0n) is 7.93. The van der Waals surface area contributed by atoms with Crippen LogP contribution in [-0.2, 0) is 6.54 Å². The van der Waals surface area contributed by atoms with Crippen LogP contribution in [0.2, 0.25) is 0 Å². The number of anilines is 1. The molecule has 0 aliphatic carbocycles. The standard InChI is InChI=1S/C8H10F3N3O/c1-4-2-5(3-12)6(7(13)14-4)15-8(9,10)11/h2H,3,12H2,1H3,(H2,13,14). The van der Waals surface area contributed by atoms with Crippen molar-refractivity contribution in [3.8, 4) is 5.75 Å². The summed E-state index contributed by atoms with van der Waals surface area (Å²) in [6.07, 6.45) is -4.80. The van der Waals surface area contributed by atoms with E-state index in [1.54, 1.807) is 6.92 Å². The highest BCUT2D eigenvalue weighted by molar-refractivity contribution is 5.52. The van der Waals surface area contributed by atoms with Gasteiger partial charge in [0.1, 0.15) is 0 Å². The third-order valence-corrected chi connectivity index (χ3v) is 1.64. The molecule has 4 N–H and O–H groups in total. The summed E-state index contributed by atoms with van der Waals surface area (Å²) in [5.41, 5.74) is 11.3. The minimum absolute atomic E-state index is 0.0982. The quantitative estimate of drug-likeness (QED) is 0.790. The van der Waals surface area contributed by atoms with Crippen LogP contribution in [0.1, 0.15) is 11.3 Å². The van der Waals surface area contributed by atoms with Gasteiger partial charge in [-0.05, 0) is 13.0 Å². The highest BCUT2D eigenvalue weighted by Gasteiger charge is 2.33. The Hall–Kier alpha value is -1.50. The summed E-state index contributed by atoms with van der Waals surface area (Å²) in [7, 11) is 0. The van der Waals surface area contributed by atoms with Gasteiger partial charge in [0, 0.05) is 17.8 Å². The van der Waals surface area contributed by atoms with Crippen LogP contribution in [0.25, 0.3) is 0 Å². The molecular formula is C8H10F3N3O. The van der Waals surface area contributed by atoms with E-state index in [0.29, 0.717) is 5.69 Å².